The number of carbonyl (C=O) groups is 1. The van der Waals surface area contributed by atoms with Crippen LogP contribution in [-0.2, 0) is 16.4 Å². The molecule has 0 aliphatic carbocycles. The van der Waals surface area contributed by atoms with Crippen molar-refractivity contribution < 1.29 is 32.2 Å². The minimum Gasteiger partial charge on any atom is -0.437 e. The molecule has 3 rings (SSSR count). The van der Waals surface area contributed by atoms with E-state index in [2.05, 4.69) is 10.3 Å². The fourth-order valence-corrected chi connectivity index (χ4v) is 4.39. The zero-order valence-corrected chi connectivity index (χ0v) is 22.7. The first-order valence-electron chi connectivity index (χ1n) is 11.9. The third-order valence-corrected chi connectivity index (χ3v) is 7.94. The van der Waals surface area contributed by atoms with E-state index in [4.69, 9.17) is 4.42 Å². The van der Waals surface area contributed by atoms with Crippen LogP contribution >= 0.6 is 0 Å². The van der Waals surface area contributed by atoms with Crippen LogP contribution in [0.15, 0.2) is 34.7 Å². The van der Waals surface area contributed by atoms with E-state index >= 15 is 0 Å². The summed E-state index contributed by atoms with van der Waals surface area (Å²) in [5, 5.41) is 23.7. The van der Waals surface area contributed by atoms with E-state index in [0.717, 1.165) is 10.6 Å². The number of anilines is 1. The van der Waals surface area contributed by atoms with E-state index in [9.17, 15) is 27.8 Å². The predicted octanol–water partition coefficient (Wildman–Crippen LogP) is 3.62. The second kappa shape index (κ2) is 10.4. The number of aryl methyl sites for hydroxylation is 1. The summed E-state index contributed by atoms with van der Waals surface area (Å²) in [4.78, 5) is 17.4. The highest BCUT2D eigenvalue weighted by atomic mass is 32.2. The lowest BCUT2D eigenvalue weighted by Gasteiger charge is -2.35. The molecule has 3 aromatic rings. The maximum atomic E-state index is 13.5. The van der Waals surface area contributed by atoms with Gasteiger partial charge in [0.25, 0.3) is 5.91 Å². The van der Waals surface area contributed by atoms with Gasteiger partial charge in [0, 0.05) is 19.7 Å². The van der Waals surface area contributed by atoms with Crippen LogP contribution in [0.25, 0.3) is 22.4 Å². The molecule has 0 aliphatic heterocycles. The van der Waals surface area contributed by atoms with E-state index < -0.39 is 32.9 Å². The molecule has 202 valence electrons. The highest BCUT2D eigenvalue weighted by Gasteiger charge is 2.36. The molecule has 1 amide bonds. The van der Waals surface area contributed by atoms with Crippen molar-refractivity contribution in [3.63, 3.8) is 0 Å². The zero-order valence-electron chi connectivity index (χ0n) is 21.9. The minimum atomic E-state index is -3.67. The molecule has 3 N–H and O–H groups in total. The average Bonchev–Trinajstić information content (AvgIpc) is 3.17. The van der Waals surface area contributed by atoms with Crippen molar-refractivity contribution in [3.05, 3.63) is 47.3 Å². The number of nitrogens with zero attached hydrogens (tertiary/aromatic N) is 2. The van der Waals surface area contributed by atoms with Gasteiger partial charge < -0.3 is 19.9 Å². The van der Waals surface area contributed by atoms with Crippen LogP contribution in [0.4, 0.5) is 10.2 Å². The number of rotatable bonds is 10. The molecular formula is C26H34FN3O6S. The second-order valence-corrected chi connectivity index (χ2v) is 12.0. The van der Waals surface area contributed by atoms with Gasteiger partial charge >= 0.3 is 0 Å². The lowest BCUT2D eigenvalue weighted by Crippen LogP contribution is -2.47. The van der Waals surface area contributed by atoms with Crippen molar-refractivity contribution in [1.29, 1.82) is 0 Å². The molecule has 11 heteroatoms. The number of benzene rings is 1. The Hall–Kier alpha value is -3.02. The van der Waals surface area contributed by atoms with E-state index in [1.807, 2.05) is 0 Å². The molecule has 2 aromatic heterocycles. The van der Waals surface area contributed by atoms with Gasteiger partial charge in [-0.15, -0.1) is 0 Å². The lowest BCUT2D eigenvalue weighted by molar-refractivity contribution is -0.124. The molecular weight excluding hydrogens is 501 g/mol. The van der Waals surface area contributed by atoms with Crippen LogP contribution in [0.3, 0.4) is 0 Å². The molecule has 1 aromatic carbocycles. The SMILES string of the molecule is CNC(=O)c1c(-c2ccc(F)cc2)oc2nc(N(C)S(C)(=O)=O)c(CCCCC(C)(O)C(C)(C)O)cc12. The molecule has 0 saturated heterocycles. The van der Waals surface area contributed by atoms with Gasteiger partial charge in [0.1, 0.15) is 17.4 Å². The van der Waals surface area contributed by atoms with Crippen LogP contribution < -0.4 is 9.62 Å². The maximum Gasteiger partial charge on any atom is 0.255 e. The summed E-state index contributed by atoms with van der Waals surface area (Å²) in [7, 11) is -0.805. The quantitative estimate of drug-likeness (QED) is 0.338. The number of unbranched alkanes of at least 4 members (excludes halogenated alkanes) is 1. The molecule has 1 atom stereocenters. The van der Waals surface area contributed by atoms with Gasteiger partial charge in [-0.1, -0.05) is 6.42 Å². The molecule has 2 heterocycles. The number of aromatic nitrogens is 1. The number of carbonyl (C=O) groups excluding carboxylic acids is 1. The Labute approximate surface area is 216 Å². The number of sulfonamides is 1. The zero-order chi connectivity index (χ0) is 27.8. The first-order valence-corrected chi connectivity index (χ1v) is 13.7. The molecule has 0 spiro atoms. The summed E-state index contributed by atoms with van der Waals surface area (Å²) in [5.74, 6) is -0.529. The van der Waals surface area contributed by atoms with E-state index in [1.54, 1.807) is 26.8 Å². The highest BCUT2D eigenvalue weighted by Crippen LogP contribution is 2.36. The topological polar surface area (TPSA) is 133 Å². The first-order chi connectivity index (χ1) is 17.1. The lowest BCUT2D eigenvalue weighted by atomic mass is 9.83. The molecule has 37 heavy (non-hydrogen) atoms. The third kappa shape index (κ3) is 6.11. The molecule has 0 saturated carbocycles. The third-order valence-electron chi connectivity index (χ3n) is 6.77. The molecule has 0 aliphatic rings. The van der Waals surface area contributed by atoms with Crippen molar-refractivity contribution in [2.75, 3.05) is 24.7 Å². The number of fused-ring (bicyclic) bond motifs is 1. The van der Waals surface area contributed by atoms with Crippen molar-refractivity contribution >= 4 is 32.8 Å². The predicted molar refractivity (Wildman–Crippen MR) is 141 cm³/mol. The fourth-order valence-electron chi connectivity index (χ4n) is 3.91. The number of hydrogen-bond donors (Lipinski definition) is 3. The van der Waals surface area contributed by atoms with Crippen LogP contribution in [0, 0.1) is 5.82 Å². The largest absolute Gasteiger partial charge is 0.437 e. The second-order valence-electron chi connectivity index (χ2n) is 9.99. The number of aliphatic hydroxyl groups is 2. The van der Waals surface area contributed by atoms with Crippen molar-refractivity contribution in [1.82, 2.24) is 10.3 Å². The van der Waals surface area contributed by atoms with Crippen LogP contribution in [0.5, 0.6) is 0 Å². The Balaban J connectivity index is 2.10. The summed E-state index contributed by atoms with van der Waals surface area (Å²) in [5.41, 5.74) is -1.28. The molecule has 0 bridgehead atoms. The number of nitrogens with one attached hydrogen (secondary N) is 1. The molecule has 0 radical (unpaired) electrons. The van der Waals surface area contributed by atoms with Gasteiger partial charge in [-0.05, 0) is 75.9 Å². The van der Waals surface area contributed by atoms with Crippen molar-refractivity contribution in [2.45, 2.75) is 57.7 Å². The van der Waals surface area contributed by atoms with Gasteiger partial charge in [-0.2, -0.15) is 4.98 Å². The van der Waals surface area contributed by atoms with Crippen molar-refractivity contribution in [3.8, 4) is 11.3 Å². The van der Waals surface area contributed by atoms with Crippen LogP contribution in [0.2, 0.25) is 0 Å². The normalized spacial score (nSPS) is 14.0. The van der Waals surface area contributed by atoms with Gasteiger partial charge in [-0.3, -0.25) is 9.10 Å². The van der Waals surface area contributed by atoms with Gasteiger partial charge in [0.2, 0.25) is 15.7 Å². The Morgan fingerprint density at radius 2 is 1.78 bits per heavy atom. The molecule has 9 nitrogen and oxygen atoms in total. The van der Waals surface area contributed by atoms with E-state index in [0.29, 0.717) is 42.2 Å². The number of amides is 1. The number of furan rings is 1. The minimum absolute atomic E-state index is 0.0668. The number of hydrogen-bond acceptors (Lipinski definition) is 7. The number of halogens is 1. The molecule has 1 unspecified atom stereocenters. The average molecular weight is 536 g/mol. The Bertz CT molecular complexity index is 1390. The summed E-state index contributed by atoms with van der Waals surface area (Å²) in [6.07, 6.45) is 2.89. The van der Waals surface area contributed by atoms with Gasteiger partial charge in [0.05, 0.1) is 28.4 Å². The Morgan fingerprint density at radius 1 is 1.16 bits per heavy atom. The number of pyridine rings is 1. The Morgan fingerprint density at radius 3 is 2.32 bits per heavy atom. The molecule has 0 fully saturated rings. The Kier molecular flexibility index (Phi) is 8.02. The summed E-state index contributed by atoms with van der Waals surface area (Å²) >= 11 is 0. The maximum absolute atomic E-state index is 13.5. The van der Waals surface area contributed by atoms with E-state index in [1.165, 1.54) is 38.4 Å². The van der Waals surface area contributed by atoms with Crippen LogP contribution in [-0.4, -0.2) is 61.1 Å². The van der Waals surface area contributed by atoms with Gasteiger partial charge in [0.15, 0.2) is 0 Å². The van der Waals surface area contributed by atoms with Gasteiger partial charge in [-0.25, -0.2) is 12.8 Å². The van der Waals surface area contributed by atoms with E-state index in [-0.39, 0.29) is 22.9 Å². The monoisotopic (exact) mass is 535 g/mol. The summed E-state index contributed by atoms with van der Waals surface area (Å²) < 4.78 is 45.2. The fraction of sp³-hybridized carbons (Fsp3) is 0.462. The smallest absolute Gasteiger partial charge is 0.255 e. The summed E-state index contributed by atoms with van der Waals surface area (Å²) in [6.45, 7) is 4.66. The first kappa shape index (κ1) is 28.5. The summed E-state index contributed by atoms with van der Waals surface area (Å²) in [6, 6.07) is 7.16. The standard InChI is InChI=1S/C26H34FN3O6S/c1-25(2,32)26(3,33)14-8-7-9-17-15-19-20(23(31)28-4)21(16-10-12-18(27)13-11-16)36-24(19)29-22(17)30(5)37(6,34)35/h10-13,15,32-33H,7-9,14H2,1-6H3,(H,28,31). The van der Waals surface area contributed by atoms with Crippen molar-refractivity contribution in [2.24, 2.45) is 0 Å². The highest BCUT2D eigenvalue weighted by molar-refractivity contribution is 7.92. The van der Waals surface area contributed by atoms with Crippen LogP contribution in [0.1, 0.15) is 56.0 Å².